The highest BCUT2D eigenvalue weighted by molar-refractivity contribution is 5.22. The third-order valence-electron chi connectivity index (χ3n) is 5.02. The average Bonchev–Trinajstić information content (AvgIpc) is 2.53. The summed E-state index contributed by atoms with van der Waals surface area (Å²) in [6.45, 7) is 9.85. The Morgan fingerprint density at radius 2 is 1.81 bits per heavy atom. The molecule has 2 rings (SSSR count). The van der Waals surface area contributed by atoms with E-state index < -0.39 is 0 Å². The first-order valence-corrected chi connectivity index (χ1v) is 8.56. The quantitative estimate of drug-likeness (QED) is 0.856. The molecule has 0 amide bonds. The van der Waals surface area contributed by atoms with Crippen molar-refractivity contribution in [3.05, 3.63) is 35.9 Å². The zero-order chi connectivity index (χ0) is 15.3. The molecule has 0 heterocycles. The molecule has 0 spiro atoms. The molecule has 1 saturated carbocycles. The smallest absolute Gasteiger partial charge is 0.0164 e. The first kappa shape index (κ1) is 16.5. The normalized spacial score (nSPS) is 23.5. The predicted molar refractivity (Wildman–Crippen MR) is 91.5 cm³/mol. The Hall–Kier alpha value is -0.860. The molecule has 2 N–H and O–H groups in total. The van der Waals surface area contributed by atoms with Crippen LogP contribution in [0.2, 0.25) is 0 Å². The van der Waals surface area contributed by atoms with Gasteiger partial charge in [-0.1, -0.05) is 63.9 Å². The van der Waals surface area contributed by atoms with Gasteiger partial charge >= 0.3 is 0 Å². The second-order valence-electron chi connectivity index (χ2n) is 7.30. The number of hydrogen-bond donors (Lipinski definition) is 1. The van der Waals surface area contributed by atoms with Gasteiger partial charge in [0, 0.05) is 12.6 Å². The monoisotopic (exact) mass is 288 g/mol. The molecule has 1 aromatic rings. The van der Waals surface area contributed by atoms with Crippen molar-refractivity contribution in [2.24, 2.45) is 11.1 Å². The summed E-state index contributed by atoms with van der Waals surface area (Å²) < 4.78 is 0. The molecule has 1 fully saturated rings. The van der Waals surface area contributed by atoms with Crippen LogP contribution in [0, 0.1) is 5.41 Å². The van der Waals surface area contributed by atoms with E-state index in [1.165, 1.54) is 31.2 Å². The minimum atomic E-state index is 0.203. The fourth-order valence-electron chi connectivity index (χ4n) is 3.72. The number of hydrogen-bond acceptors (Lipinski definition) is 2. The second-order valence-corrected chi connectivity index (χ2v) is 7.30. The van der Waals surface area contributed by atoms with Crippen molar-refractivity contribution in [2.75, 3.05) is 19.6 Å². The van der Waals surface area contributed by atoms with E-state index in [1.54, 1.807) is 0 Å². The zero-order valence-corrected chi connectivity index (χ0v) is 14.0. The van der Waals surface area contributed by atoms with Gasteiger partial charge < -0.3 is 5.73 Å². The fraction of sp³-hybridized carbons (Fsp3) is 0.684. The zero-order valence-electron chi connectivity index (χ0n) is 14.0. The van der Waals surface area contributed by atoms with Gasteiger partial charge in [-0.05, 0) is 42.8 Å². The summed E-state index contributed by atoms with van der Waals surface area (Å²) in [7, 11) is 0. The summed E-state index contributed by atoms with van der Waals surface area (Å²) in [6.07, 6.45) is 5.39. The number of nitrogens with two attached hydrogens (primary N) is 1. The number of likely N-dealkylation sites (N-methyl/N-ethyl adjacent to an activating group) is 1. The molecule has 2 unspecified atom stereocenters. The van der Waals surface area contributed by atoms with Crippen LogP contribution in [-0.4, -0.2) is 30.6 Å². The molecule has 1 aromatic carbocycles. The van der Waals surface area contributed by atoms with Crippen LogP contribution < -0.4 is 5.73 Å². The van der Waals surface area contributed by atoms with E-state index in [9.17, 15) is 0 Å². The third kappa shape index (κ3) is 4.31. The van der Waals surface area contributed by atoms with Gasteiger partial charge in [0.25, 0.3) is 0 Å². The summed E-state index contributed by atoms with van der Waals surface area (Å²) in [4.78, 5) is 2.68. The maximum atomic E-state index is 5.96. The maximum Gasteiger partial charge on any atom is 0.0164 e. The molecule has 0 aliphatic heterocycles. The third-order valence-corrected chi connectivity index (χ3v) is 5.02. The van der Waals surface area contributed by atoms with E-state index in [0.717, 1.165) is 19.6 Å². The summed E-state index contributed by atoms with van der Waals surface area (Å²) >= 11 is 0. The summed E-state index contributed by atoms with van der Waals surface area (Å²) in [5.41, 5.74) is 7.68. The van der Waals surface area contributed by atoms with Crippen LogP contribution in [0.1, 0.15) is 57.9 Å². The van der Waals surface area contributed by atoms with Crippen molar-refractivity contribution in [1.29, 1.82) is 0 Å². The van der Waals surface area contributed by atoms with Gasteiger partial charge in [-0.3, -0.25) is 4.90 Å². The predicted octanol–water partition coefficient (Wildman–Crippen LogP) is 4.02. The van der Waals surface area contributed by atoms with Crippen LogP contribution in [0.3, 0.4) is 0 Å². The van der Waals surface area contributed by atoms with E-state index in [-0.39, 0.29) is 5.41 Å². The molecule has 21 heavy (non-hydrogen) atoms. The first-order chi connectivity index (χ1) is 10.1. The fourth-order valence-corrected chi connectivity index (χ4v) is 3.72. The average molecular weight is 288 g/mol. The van der Waals surface area contributed by atoms with Crippen LogP contribution >= 0.6 is 0 Å². The van der Waals surface area contributed by atoms with Gasteiger partial charge in [-0.2, -0.15) is 0 Å². The highest BCUT2D eigenvalue weighted by Crippen LogP contribution is 2.37. The molecule has 0 aromatic heterocycles. The summed E-state index contributed by atoms with van der Waals surface area (Å²) in [5.74, 6) is 0.688. The van der Waals surface area contributed by atoms with Gasteiger partial charge in [0.15, 0.2) is 0 Å². The summed E-state index contributed by atoms with van der Waals surface area (Å²) in [5, 5.41) is 0. The lowest BCUT2D eigenvalue weighted by molar-refractivity contribution is 0.0979. The Kier molecular flexibility index (Phi) is 5.83. The Bertz CT molecular complexity index is 413. The summed E-state index contributed by atoms with van der Waals surface area (Å²) in [6, 6.07) is 11.8. The van der Waals surface area contributed by atoms with Crippen molar-refractivity contribution >= 4 is 0 Å². The Morgan fingerprint density at radius 3 is 2.43 bits per heavy atom. The van der Waals surface area contributed by atoms with Crippen molar-refractivity contribution in [2.45, 2.75) is 58.4 Å². The Balaban J connectivity index is 2.16. The lowest BCUT2D eigenvalue weighted by Crippen LogP contribution is -2.47. The van der Waals surface area contributed by atoms with Crippen LogP contribution in [-0.2, 0) is 0 Å². The Labute approximate surface area is 130 Å². The largest absolute Gasteiger partial charge is 0.330 e. The van der Waals surface area contributed by atoms with E-state index in [4.69, 9.17) is 5.73 Å². The molecule has 118 valence electrons. The minimum absolute atomic E-state index is 0.203. The number of nitrogens with zero attached hydrogens (tertiary/aromatic N) is 1. The van der Waals surface area contributed by atoms with Gasteiger partial charge in [-0.25, -0.2) is 0 Å². The van der Waals surface area contributed by atoms with E-state index in [0.29, 0.717) is 12.0 Å². The van der Waals surface area contributed by atoms with Crippen molar-refractivity contribution in [3.8, 4) is 0 Å². The molecule has 0 radical (unpaired) electrons. The van der Waals surface area contributed by atoms with Gasteiger partial charge in [-0.15, -0.1) is 0 Å². The molecular formula is C19H32N2. The van der Waals surface area contributed by atoms with Crippen molar-refractivity contribution in [3.63, 3.8) is 0 Å². The molecule has 2 atom stereocenters. The highest BCUT2D eigenvalue weighted by atomic mass is 15.2. The Morgan fingerprint density at radius 1 is 1.14 bits per heavy atom. The molecule has 0 bridgehead atoms. The van der Waals surface area contributed by atoms with Crippen molar-refractivity contribution in [1.82, 2.24) is 4.90 Å². The number of benzene rings is 1. The lowest BCUT2D eigenvalue weighted by atomic mass is 9.78. The standard InChI is InChI=1S/C19H32N2/c1-4-21(15-19(2,3)14-20)18-13-9-8-12-17(18)16-10-6-5-7-11-16/h5-7,10-11,17-18H,4,8-9,12-15,20H2,1-3H3. The van der Waals surface area contributed by atoms with Crippen LogP contribution in [0.15, 0.2) is 30.3 Å². The minimum Gasteiger partial charge on any atom is -0.330 e. The van der Waals surface area contributed by atoms with E-state index >= 15 is 0 Å². The van der Waals surface area contributed by atoms with Crippen LogP contribution in [0.4, 0.5) is 0 Å². The van der Waals surface area contributed by atoms with Gasteiger partial charge in [0.1, 0.15) is 0 Å². The molecule has 0 saturated heterocycles. The molecule has 2 heteroatoms. The van der Waals surface area contributed by atoms with Crippen molar-refractivity contribution < 1.29 is 0 Å². The topological polar surface area (TPSA) is 29.3 Å². The SMILES string of the molecule is CCN(CC(C)(C)CN)C1CCCCC1c1ccccc1. The molecule has 1 aliphatic carbocycles. The van der Waals surface area contributed by atoms with Crippen LogP contribution in [0.25, 0.3) is 0 Å². The van der Waals surface area contributed by atoms with E-state index in [2.05, 4.69) is 56.0 Å². The van der Waals surface area contributed by atoms with Crippen LogP contribution in [0.5, 0.6) is 0 Å². The van der Waals surface area contributed by atoms with Gasteiger partial charge in [0.05, 0.1) is 0 Å². The molecule has 2 nitrogen and oxygen atoms in total. The maximum absolute atomic E-state index is 5.96. The number of rotatable bonds is 6. The van der Waals surface area contributed by atoms with E-state index in [1.807, 2.05) is 0 Å². The molecular weight excluding hydrogens is 256 g/mol. The van der Waals surface area contributed by atoms with Gasteiger partial charge in [0.2, 0.25) is 0 Å². The lowest BCUT2D eigenvalue weighted by Gasteiger charge is -2.43. The second kappa shape index (κ2) is 7.42. The molecule has 1 aliphatic rings. The first-order valence-electron chi connectivity index (χ1n) is 8.56. The highest BCUT2D eigenvalue weighted by Gasteiger charge is 2.32.